The third kappa shape index (κ3) is 3.16. The van der Waals surface area contributed by atoms with Gasteiger partial charge in [-0.3, -0.25) is 9.36 Å². The summed E-state index contributed by atoms with van der Waals surface area (Å²) in [6.07, 6.45) is 1.29. The van der Waals surface area contributed by atoms with Crippen LogP contribution in [-0.2, 0) is 7.05 Å². The van der Waals surface area contributed by atoms with Gasteiger partial charge in [0.05, 0.1) is 18.0 Å². The lowest BCUT2D eigenvalue weighted by Gasteiger charge is -2.17. The van der Waals surface area contributed by atoms with Gasteiger partial charge in [0.15, 0.2) is 17.2 Å². The molecule has 11 heteroatoms. The zero-order chi connectivity index (χ0) is 24.1. The first-order valence-corrected chi connectivity index (χ1v) is 10.3. The average molecular weight is 463 g/mol. The number of nitrogen functional groups attached to an aromatic ring is 1. The second-order valence-electron chi connectivity index (χ2n) is 7.74. The van der Waals surface area contributed by atoms with E-state index in [0.717, 1.165) is 0 Å². The molecular weight excluding hydrogens is 444 g/mol. The van der Waals surface area contributed by atoms with Crippen LogP contribution < -0.4 is 16.0 Å². The topological polar surface area (TPSA) is 114 Å². The van der Waals surface area contributed by atoms with Crippen LogP contribution in [0.25, 0.3) is 33.2 Å². The Morgan fingerprint density at radius 2 is 1.88 bits per heavy atom. The van der Waals surface area contributed by atoms with E-state index in [1.165, 1.54) is 54.0 Å². The largest absolute Gasteiger partial charge is 0.494 e. The van der Waals surface area contributed by atoms with Gasteiger partial charge in [0.25, 0.3) is 5.56 Å². The lowest BCUT2D eigenvalue weighted by atomic mass is 10.1. The Hall–Kier alpha value is -4.41. The molecule has 0 aliphatic carbocycles. The van der Waals surface area contributed by atoms with Gasteiger partial charge < -0.3 is 10.5 Å². The molecule has 3 heterocycles. The molecule has 3 aromatic heterocycles. The molecule has 9 nitrogen and oxygen atoms in total. The fraction of sp³-hybridized carbons (Fsp3) is 0.174. The van der Waals surface area contributed by atoms with Crippen LogP contribution in [0.1, 0.15) is 18.8 Å². The molecule has 34 heavy (non-hydrogen) atoms. The molecule has 172 valence electrons. The van der Waals surface area contributed by atoms with E-state index in [-0.39, 0.29) is 22.5 Å². The summed E-state index contributed by atoms with van der Waals surface area (Å²) in [4.78, 5) is 25.8. The number of anilines is 1. The minimum Gasteiger partial charge on any atom is -0.494 e. The number of rotatable bonds is 4. The number of aromatic nitrogens is 6. The molecule has 5 rings (SSSR count). The normalized spacial score (nSPS) is 12.4. The van der Waals surface area contributed by atoms with Gasteiger partial charge >= 0.3 is 0 Å². The number of halogens is 2. The van der Waals surface area contributed by atoms with Crippen LogP contribution in [0.5, 0.6) is 5.75 Å². The number of ether oxygens (including phenoxy) is 1. The second kappa shape index (κ2) is 7.87. The van der Waals surface area contributed by atoms with Crippen LogP contribution in [0.3, 0.4) is 0 Å². The maximum Gasteiger partial charge on any atom is 0.264 e. The highest BCUT2D eigenvalue weighted by atomic mass is 19.1. The summed E-state index contributed by atoms with van der Waals surface area (Å²) in [6.45, 7) is 1.77. The standard InChI is InChI=1S/C23H19F2N7O2/c1-11(21-29-15-6-4-5-13(24)17(15)23(33)31(21)2)32-22-18(20(26)27-10-28-22)19(30-32)12-7-8-16(34-3)14(25)9-12/h4-11H,1-3H3,(H2,26,27,28). The van der Waals surface area contributed by atoms with Gasteiger partial charge in [0, 0.05) is 12.6 Å². The third-order valence-electron chi connectivity index (χ3n) is 5.77. The first kappa shape index (κ1) is 21.4. The molecule has 0 amide bonds. The zero-order valence-corrected chi connectivity index (χ0v) is 18.5. The first-order chi connectivity index (χ1) is 16.3. The lowest BCUT2D eigenvalue weighted by molar-refractivity contribution is 0.386. The van der Waals surface area contributed by atoms with Gasteiger partial charge in [-0.05, 0) is 37.3 Å². The summed E-state index contributed by atoms with van der Waals surface area (Å²) >= 11 is 0. The molecule has 1 unspecified atom stereocenters. The summed E-state index contributed by atoms with van der Waals surface area (Å²) in [6, 6.07) is 8.10. The molecule has 2 aromatic carbocycles. The monoisotopic (exact) mass is 463 g/mol. The molecule has 0 spiro atoms. The summed E-state index contributed by atoms with van der Waals surface area (Å²) in [5.74, 6) is -0.618. The molecule has 0 saturated carbocycles. The van der Waals surface area contributed by atoms with Crippen molar-refractivity contribution < 1.29 is 13.5 Å². The maximum absolute atomic E-state index is 14.4. The van der Waals surface area contributed by atoms with Crippen LogP contribution in [0.15, 0.2) is 47.5 Å². The highest BCUT2D eigenvalue weighted by Gasteiger charge is 2.24. The van der Waals surface area contributed by atoms with Crippen molar-refractivity contribution in [1.82, 2.24) is 29.3 Å². The van der Waals surface area contributed by atoms with Crippen LogP contribution >= 0.6 is 0 Å². The quantitative estimate of drug-likeness (QED) is 0.435. The van der Waals surface area contributed by atoms with Crippen molar-refractivity contribution in [3.63, 3.8) is 0 Å². The average Bonchev–Trinajstić information content (AvgIpc) is 3.22. The molecule has 0 radical (unpaired) electrons. The Kier molecular flexibility index (Phi) is 4.96. The number of nitrogens with two attached hydrogens (primary N) is 1. The Labute approximate surface area is 191 Å². The molecule has 2 N–H and O–H groups in total. The lowest BCUT2D eigenvalue weighted by Crippen LogP contribution is -2.27. The van der Waals surface area contributed by atoms with Crippen LogP contribution in [0.2, 0.25) is 0 Å². The molecule has 0 fully saturated rings. The molecule has 0 aliphatic heterocycles. The van der Waals surface area contributed by atoms with E-state index in [0.29, 0.717) is 28.1 Å². The van der Waals surface area contributed by atoms with Gasteiger partial charge in [-0.25, -0.2) is 28.4 Å². The van der Waals surface area contributed by atoms with Gasteiger partial charge in [-0.1, -0.05) is 6.07 Å². The second-order valence-corrected chi connectivity index (χ2v) is 7.74. The summed E-state index contributed by atoms with van der Waals surface area (Å²) in [7, 11) is 2.89. The van der Waals surface area contributed by atoms with Crippen molar-refractivity contribution in [3.8, 4) is 17.0 Å². The zero-order valence-electron chi connectivity index (χ0n) is 18.5. The van der Waals surface area contributed by atoms with Gasteiger partial charge in [-0.2, -0.15) is 5.10 Å². The fourth-order valence-electron chi connectivity index (χ4n) is 4.05. The number of hydrogen-bond donors (Lipinski definition) is 1. The third-order valence-corrected chi connectivity index (χ3v) is 5.77. The Morgan fingerprint density at radius 1 is 1.09 bits per heavy atom. The molecule has 0 saturated heterocycles. The van der Waals surface area contributed by atoms with Crippen molar-refractivity contribution >= 4 is 27.8 Å². The van der Waals surface area contributed by atoms with E-state index >= 15 is 0 Å². The first-order valence-electron chi connectivity index (χ1n) is 10.3. The van der Waals surface area contributed by atoms with Gasteiger partial charge in [0.2, 0.25) is 0 Å². The highest BCUT2D eigenvalue weighted by molar-refractivity contribution is 5.98. The van der Waals surface area contributed by atoms with E-state index in [2.05, 4.69) is 20.1 Å². The van der Waals surface area contributed by atoms with E-state index in [4.69, 9.17) is 10.5 Å². The molecule has 0 bridgehead atoms. The van der Waals surface area contributed by atoms with E-state index in [9.17, 15) is 13.6 Å². The number of benzene rings is 2. The minimum atomic E-state index is -0.640. The van der Waals surface area contributed by atoms with Crippen LogP contribution in [-0.4, -0.2) is 36.4 Å². The van der Waals surface area contributed by atoms with Crippen molar-refractivity contribution in [2.24, 2.45) is 7.05 Å². The Balaban J connectivity index is 1.74. The number of hydrogen-bond acceptors (Lipinski definition) is 7. The van der Waals surface area contributed by atoms with Crippen molar-refractivity contribution in [1.29, 1.82) is 0 Å². The summed E-state index contributed by atoms with van der Waals surface area (Å²) in [5, 5.41) is 5.00. The van der Waals surface area contributed by atoms with Crippen molar-refractivity contribution in [3.05, 3.63) is 70.5 Å². The fourth-order valence-corrected chi connectivity index (χ4v) is 4.05. The van der Waals surface area contributed by atoms with E-state index < -0.39 is 23.2 Å². The SMILES string of the molecule is COc1ccc(-c2nn(C(C)c3nc4cccc(F)c4c(=O)n3C)c3ncnc(N)c23)cc1F. The van der Waals surface area contributed by atoms with Gasteiger partial charge in [0.1, 0.15) is 40.9 Å². The van der Waals surface area contributed by atoms with E-state index in [1.54, 1.807) is 19.1 Å². The van der Waals surface area contributed by atoms with Gasteiger partial charge in [-0.15, -0.1) is 0 Å². The van der Waals surface area contributed by atoms with Crippen LogP contribution in [0, 0.1) is 11.6 Å². The number of methoxy groups -OCH3 is 1. The predicted molar refractivity (Wildman–Crippen MR) is 122 cm³/mol. The Bertz CT molecular complexity index is 1640. The molecule has 1 atom stereocenters. The predicted octanol–water partition coefficient (Wildman–Crippen LogP) is 3.22. The van der Waals surface area contributed by atoms with E-state index in [1.807, 2.05) is 0 Å². The molecule has 5 aromatic rings. The smallest absolute Gasteiger partial charge is 0.264 e. The number of fused-ring (bicyclic) bond motifs is 2. The summed E-state index contributed by atoms with van der Waals surface area (Å²) < 4.78 is 36.5. The number of nitrogens with zero attached hydrogens (tertiary/aromatic N) is 6. The van der Waals surface area contributed by atoms with Crippen molar-refractivity contribution in [2.75, 3.05) is 12.8 Å². The molecule has 0 aliphatic rings. The highest BCUT2D eigenvalue weighted by Crippen LogP contribution is 2.34. The summed E-state index contributed by atoms with van der Waals surface area (Å²) in [5.41, 5.74) is 7.04. The van der Waals surface area contributed by atoms with Crippen LogP contribution in [0.4, 0.5) is 14.6 Å². The molecular formula is C23H19F2N7O2. The Morgan fingerprint density at radius 3 is 2.62 bits per heavy atom. The maximum atomic E-state index is 14.4. The minimum absolute atomic E-state index is 0.0904. The van der Waals surface area contributed by atoms with Crippen molar-refractivity contribution in [2.45, 2.75) is 13.0 Å².